The number of allylic oxidation sites excluding steroid dienone is 1. The Morgan fingerprint density at radius 2 is 1.75 bits per heavy atom. The van der Waals surface area contributed by atoms with Gasteiger partial charge in [-0.05, 0) is 53.1 Å². The van der Waals surface area contributed by atoms with Crippen molar-refractivity contribution in [1.29, 1.82) is 0 Å². The molecule has 0 aliphatic heterocycles. The normalized spacial score (nSPS) is 16.3. The van der Waals surface area contributed by atoms with E-state index < -0.39 is 12.1 Å². The van der Waals surface area contributed by atoms with Crippen LogP contribution in [0.15, 0.2) is 67.8 Å². The molecule has 0 saturated heterocycles. The number of rotatable bonds is 8. The monoisotopic (exact) mass is 432 g/mol. The number of aliphatic hydroxyl groups is 1. The molecule has 1 aliphatic rings. The standard InChI is InChI=1S/C19H22O2.C9H10O2/c1-3-16-8-5-15(11-17(16)4-2)13-19(21)10-7-14-6-9-18(20)12-14;1-2-7-3-5-8(6-4-7)9(10)11/h3-5,7-8,10-11,14,19,21H,1-2,6,9,12-13H2;3-6H,2H2,1H3,(H,10,11)/b10-7+;/t14-,19?;/m1./s1. The van der Waals surface area contributed by atoms with Crippen molar-refractivity contribution in [3.8, 4) is 0 Å². The molecule has 3 rings (SSSR count). The van der Waals surface area contributed by atoms with E-state index in [1.807, 2.05) is 49.4 Å². The number of hydrogen-bond donors (Lipinski definition) is 2. The Morgan fingerprint density at radius 3 is 2.28 bits per heavy atom. The Balaban J connectivity index is 0.000000278. The van der Waals surface area contributed by atoms with Crippen molar-refractivity contribution in [1.82, 2.24) is 0 Å². The zero-order valence-corrected chi connectivity index (χ0v) is 18.7. The highest BCUT2D eigenvalue weighted by molar-refractivity contribution is 5.87. The minimum absolute atomic E-state index is 0.305. The molecule has 32 heavy (non-hydrogen) atoms. The molecule has 2 N–H and O–H groups in total. The predicted molar refractivity (Wildman–Crippen MR) is 131 cm³/mol. The molecule has 2 aromatic carbocycles. The summed E-state index contributed by atoms with van der Waals surface area (Å²) in [7, 11) is 0. The van der Waals surface area contributed by atoms with Crippen molar-refractivity contribution in [2.45, 2.75) is 45.1 Å². The van der Waals surface area contributed by atoms with E-state index >= 15 is 0 Å². The number of carbonyl (C=O) groups is 2. The van der Waals surface area contributed by atoms with E-state index in [1.54, 1.807) is 24.3 Å². The third kappa shape index (κ3) is 7.78. The lowest BCUT2D eigenvalue weighted by Crippen LogP contribution is -2.07. The fourth-order valence-corrected chi connectivity index (χ4v) is 3.60. The highest BCUT2D eigenvalue weighted by Crippen LogP contribution is 2.23. The first-order valence-corrected chi connectivity index (χ1v) is 10.9. The van der Waals surface area contributed by atoms with Crippen LogP contribution in [0.5, 0.6) is 0 Å². The van der Waals surface area contributed by atoms with Crippen LogP contribution in [0, 0.1) is 5.92 Å². The molecule has 1 saturated carbocycles. The summed E-state index contributed by atoms with van der Waals surface area (Å²) in [5.74, 6) is -0.235. The van der Waals surface area contributed by atoms with Crippen LogP contribution in [0.1, 0.15) is 58.8 Å². The molecule has 2 atom stereocenters. The molecule has 0 radical (unpaired) electrons. The zero-order valence-electron chi connectivity index (χ0n) is 18.7. The van der Waals surface area contributed by atoms with Gasteiger partial charge >= 0.3 is 5.97 Å². The molecule has 4 heteroatoms. The number of ketones is 1. The molecule has 1 unspecified atom stereocenters. The van der Waals surface area contributed by atoms with Crippen molar-refractivity contribution in [2.75, 3.05) is 0 Å². The van der Waals surface area contributed by atoms with E-state index in [-0.39, 0.29) is 0 Å². The van der Waals surface area contributed by atoms with E-state index in [4.69, 9.17) is 5.11 Å². The average Bonchev–Trinajstić information content (AvgIpc) is 3.23. The van der Waals surface area contributed by atoms with Crippen LogP contribution < -0.4 is 0 Å². The first kappa shape index (κ1) is 25.0. The van der Waals surface area contributed by atoms with Crippen LogP contribution in [0.25, 0.3) is 12.2 Å². The van der Waals surface area contributed by atoms with E-state index in [1.165, 1.54) is 0 Å². The Kier molecular flexibility index (Phi) is 9.83. The molecular weight excluding hydrogens is 400 g/mol. The predicted octanol–water partition coefficient (Wildman–Crippen LogP) is 5.75. The topological polar surface area (TPSA) is 74.6 Å². The Labute approximate surface area is 190 Å². The van der Waals surface area contributed by atoms with Gasteiger partial charge in [0.05, 0.1) is 11.7 Å². The number of aliphatic hydroxyl groups excluding tert-OH is 1. The van der Waals surface area contributed by atoms with Gasteiger partial charge in [-0.2, -0.15) is 0 Å². The summed E-state index contributed by atoms with van der Waals surface area (Å²) in [5.41, 5.74) is 4.65. The second-order valence-corrected chi connectivity index (χ2v) is 7.93. The molecule has 168 valence electrons. The minimum Gasteiger partial charge on any atom is -0.478 e. The van der Waals surface area contributed by atoms with Gasteiger partial charge in [-0.1, -0.05) is 74.7 Å². The Bertz CT molecular complexity index is 969. The third-order valence-corrected chi connectivity index (χ3v) is 5.53. The molecular formula is C28H32O4. The van der Waals surface area contributed by atoms with E-state index in [9.17, 15) is 14.7 Å². The molecule has 0 heterocycles. The van der Waals surface area contributed by atoms with Crippen LogP contribution >= 0.6 is 0 Å². The van der Waals surface area contributed by atoms with Gasteiger partial charge in [-0.15, -0.1) is 0 Å². The number of aryl methyl sites for hydroxylation is 1. The van der Waals surface area contributed by atoms with Crippen LogP contribution in [0.4, 0.5) is 0 Å². The fourth-order valence-electron chi connectivity index (χ4n) is 3.60. The SMILES string of the molecule is C=Cc1ccc(CC(O)/C=C/[C@H]2CCC(=O)C2)cc1C=C.CCc1ccc(C(=O)O)cc1. The fraction of sp³-hybridized carbons (Fsp3) is 0.286. The number of carbonyl (C=O) groups excluding carboxylic acids is 1. The van der Waals surface area contributed by atoms with Gasteiger partial charge in [0.15, 0.2) is 0 Å². The molecule has 4 nitrogen and oxygen atoms in total. The van der Waals surface area contributed by atoms with Gasteiger partial charge in [0.2, 0.25) is 0 Å². The van der Waals surface area contributed by atoms with Crippen LogP contribution in [0.2, 0.25) is 0 Å². The highest BCUT2D eigenvalue weighted by Gasteiger charge is 2.19. The van der Waals surface area contributed by atoms with Crippen molar-refractivity contribution < 1.29 is 19.8 Å². The number of carboxylic acids is 1. The van der Waals surface area contributed by atoms with E-state index in [0.29, 0.717) is 36.5 Å². The van der Waals surface area contributed by atoms with Gasteiger partial charge in [0.1, 0.15) is 5.78 Å². The summed E-state index contributed by atoms with van der Waals surface area (Å²) in [6.07, 6.45) is 10.6. The number of aromatic carboxylic acids is 1. The largest absolute Gasteiger partial charge is 0.478 e. The molecule has 1 aliphatic carbocycles. The van der Waals surface area contributed by atoms with Gasteiger partial charge in [0.25, 0.3) is 0 Å². The quantitative estimate of drug-likeness (QED) is 0.521. The maximum absolute atomic E-state index is 11.2. The first-order valence-electron chi connectivity index (χ1n) is 10.9. The number of Topliss-reactive ketones (excluding diaryl/α,β-unsaturated/α-hetero) is 1. The van der Waals surface area contributed by atoms with Crippen molar-refractivity contribution in [3.05, 3.63) is 95.6 Å². The van der Waals surface area contributed by atoms with Gasteiger partial charge < -0.3 is 10.2 Å². The van der Waals surface area contributed by atoms with Gasteiger partial charge in [-0.3, -0.25) is 4.79 Å². The third-order valence-electron chi connectivity index (χ3n) is 5.53. The molecule has 2 aromatic rings. The lowest BCUT2D eigenvalue weighted by molar-refractivity contribution is -0.117. The molecule has 0 spiro atoms. The van der Waals surface area contributed by atoms with Crippen LogP contribution in [-0.2, 0) is 17.6 Å². The first-order chi connectivity index (χ1) is 15.4. The van der Waals surface area contributed by atoms with E-state index in [2.05, 4.69) is 13.2 Å². The molecule has 0 amide bonds. The minimum atomic E-state index is -0.868. The van der Waals surface area contributed by atoms with Crippen LogP contribution in [-0.4, -0.2) is 28.1 Å². The Hall–Kier alpha value is -3.24. The number of hydrogen-bond acceptors (Lipinski definition) is 3. The summed E-state index contributed by atoms with van der Waals surface area (Å²) in [5, 5.41) is 18.6. The lowest BCUT2D eigenvalue weighted by atomic mass is 9.99. The smallest absolute Gasteiger partial charge is 0.335 e. The van der Waals surface area contributed by atoms with Crippen molar-refractivity contribution >= 4 is 23.9 Å². The summed E-state index contributed by atoms with van der Waals surface area (Å²) in [6.45, 7) is 9.61. The second-order valence-electron chi connectivity index (χ2n) is 7.93. The average molecular weight is 433 g/mol. The second kappa shape index (κ2) is 12.6. The van der Waals surface area contributed by atoms with Crippen LogP contribution in [0.3, 0.4) is 0 Å². The molecule has 0 bridgehead atoms. The summed E-state index contributed by atoms with van der Waals surface area (Å²) in [4.78, 5) is 21.6. The van der Waals surface area contributed by atoms with Gasteiger partial charge in [0, 0.05) is 19.3 Å². The molecule has 0 aromatic heterocycles. The lowest BCUT2D eigenvalue weighted by Gasteiger charge is -2.09. The molecule has 1 fully saturated rings. The van der Waals surface area contributed by atoms with Crippen molar-refractivity contribution in [3.63, 3.8) is 0 Å². The number of carboxylic acid groups (broad SMARTS) is 1. The summed E-state index contributed by atoms with van der Waals surface area (Å²) >= 11 is 0. The summed E-state index contributed by atoms with van der Waals surface area (Å²) < 4.78 is 0. The summed E-state index contributed by atoms with van der Waals surface area (Å²) in [6, 6.07) is 12.9. The van der Waals surface area contributed by atoms with Gasteiger partial charge in [-0.25, -0.2) is 4.79 Å². The zero-order chi connectivity index (χ0) is 23.5. The maximum atomic E-state index is 11.2. The Morgan fingerprint density at radius 1 is 1.09 bits per heavy atom. The van der Waals surface area contributed by atoms with E-state index in [0.717, 1.165) is 35.1 Å². The highest BCUT2D eigenvalue weighted by atomic mass is 16.4. The maximum Gasteiger partial charge on any atom is 0.335 e. The van der Waals surface area contributed by atoms with Crippen molar-refractivity contribution in [2.24, 2.45) is 5.92 Å². The number of benzene rings is 2.